The molecule has 0 bridgehead atoms. The van der Waals surface area contributed by atoms with Crippen molar-refractivity contribution in [3.8, 4) is 11.5 Å². The van der Waals surface area contributed by atoms with Gasteiger partial charge >= 0.3 is 0 Å². The van der Waals surface area contributed by atoms with Gasteiger partial charge in [-0.1, -0.05) is 0 Å². The summed E-state index contributed by atoms with van der Waals surface area (Å²) in [6, 6.07) is 8.91. The number of nitrogens with one attached hydrogen (secondary N) is 1. The lowest BCUT2D eigenvalue weighted by Crippen LogP contribution is -2.37. The number of methoxy groups -OCH3 is 1. The number of amides is 1. The summed E-state index contributed by atoms with van der Waals surface area (Å²) in [5.41, 5.74) is 4.77. The van der Waals surface area contributed by atoms with Gasteiger partial charge in [0.05, 0.1) is 31.1 Å². The second kappa shape index (κ2) is 7.05. The van der Waals surface area contributed by atoms with E-state index in [-0.39, 0.29) is 18.2 Å². The van der Waals surface area contributed by atoms with Gasteiger partial charge in [0.1, 0.15) is 12.1 Å². The number of fused-ring (bicyclic) bond motifs is 4. The quantitative estimate of drug-likeness (QED) is 0.526. The average Bonchev–Trinajstić information content (AvgIpc) is 3.30. The van der Waals surface area contributed by atoms with E-state index in [1.807, 2.05) is 18.2 Å². The van der Waals surface area contributed by atoms with Crippen LogP contribution in [0.3, 0.4) is 0 Å². The van der Waals surface area contributed by atoms with Crippen molar-refractivity contribution in [2.24, 2.45) is 5.10 Å². The van der Waals surface area contributed by atoms with E-state index in [0.29, 0.717) is 23.8 Å². The Morgan fingerprint density at radius 1 is 1.35 bits per heavy atom. The molecule has 2 N–H and O–H groups in total. The van der Waals surface area contributed by atoms with Crippen molar-refractivity contribution >= 4 is 39.8 Å². The van der Waals surface area contributed by atoms with E-state index < -0.39 is 0 Å². The Morgan fingerprint density at radius 2 is 2.19 bits per heavy atom. The van der Waals surface area contributed by atoms with Crippen LogP contribution in [0.1, 0.15) is 17.1 Å². The summed E-state index contributed by atoms with van der Waals surface area (Å²) in [6.07, 6.45) is 1.69. The van der Waals surface area contributed by atoms with E-state index in [1.165, 1.54) is 7.11 Å². The van der Waals surface area contributed by atoms with Gasteiger partial charge in [0.2, 0.25) is 5.91 Å². The van der Waals surface area contributed by atoms with Crippen LogP contribution in [0.15, 0.2) is 39.9 Å². The summed E-state index contributed by atoms with van der Waals surface area (Å²) in [7, 11) is 3.24. The van der Waals surface area contributed by atoms with Crippen molar-refractivity contribution < 1.29 is 19.1 Å². The van der Waals surface area contributed by atoms with Gasteiger partial charge in [-0.25, -0.2) is 4.98 Å². The number of H-pyrrole nitrogens is 1. The standard InChI is InChI=1S/C22H21N5O4/c1-12-24-16-5-4-13(6-20(16)31-12)26(2)22(29)11-27-10-15-14-7-21(30-3)19(28)8-17(14)25-18(15)9-23-27/h4-9,25,28H,10-11H2,1-3H3. The monoisotopic (exact) mass is 419 g/mol. The van der Waals surface area contributed by atoms with E-state index in [0.717, 1.165) is 33.4 Å². The van der Waals surface area contributed by atoms with Crippen LogP contribution >= 0.6 is 0 Å². The lowest BCUT2D eigenvalue weighted by molar-refractivity contribution is -0.119. The molecule has 9 heteroatoms. The molecule has 158 valence electrons. The highest BCUT2D eigenvalue weighted by Crippen LogP contribution is 2.35. The SMILES string of the molecule is COc1cc2c3c([nH]c2cc1O)C=NN(CC(=O)N(C)c1ccc2nc(C)oc2c1)C3. The third kappa shape index (κ3) is 3.24. The van der Waals surface area contributed by atoms with Crippen molar-refractivity contribution in [3.63, 3.8) is 0 Å². The van der Waals surface area contributed by atoms with E-state index in [1.54, 1.807) is 42.2 Å². The van der Waals surface area contributed by atoms with Crippen molar-refractivity contribution in [2.75, 3.05) is 25.6 Å². The van der Waals surface area contributed by atoms with Gasteiger partial charge in [-0.2, -0.15) is 5.10 Å². The molecule has 0 saturated carbocycles. The number of hydrazone groups is 1. The lowest BCUT2D eigenvalue weighted by Gasteiger charge is -2.25. The van der Waals surface area contributed by atoms with E-state index >= 15 is 0 Å². The molecular weight excluding hydrogens is 398 g/mol. The molecule has 3 heterocycles. The average molecular weight is 419 g/mol. The summed E-state index contributed by atoms with van der Waals surface area (Å²) >= 11 is 0. The minimum Gasteiger partial charge on any atom is -0.504 e. The minimum absolute atomic E-state index is 0.0677. The molecule has 1 aliphatic rings. The molecule has 0 atom stereocenters. The zero-order valence-electron chi connectivity index (χ0n) is 17.3. The van der Waals surface area contributed by atoms with E-state index in [2.05, 4.69) is 15.1 Å². The first-order chi connectivity index (χ1) is 14.9. The maximum absolute atomic E-state index is 12.9. The molecule has 1 amide bonds. The van der Waals surface area contributed by atoms with Crippen LogP contribution < -0.4 is 9.64 Å². The highest BCUT2D eigenvalue weighted by Gasteiger charge is 2.22. The van der Waals surface area contributed by atoms with Gasteiger partial charge in [-0.3, -0.25) is 9.80 Å². The summed E-state index contributed by atoms with van der Waals surface area (Å²) in [4.78, 5) is 22.0. The number of aromatic amines is 1. The molecule has 31 heavy (non-hydrogen) atoms. The molecule has 0 fully saturated rings. The Morgan fingerprint density at radius 3 is 3.00 bits per heavy atom. The lowest BCUT2D eigenvalue weighted by atomic mass is 10.1. The molecule has 4 aromatic rings. The first-order valence-electron chi connectivity index (χ1n) is 9.77. The predicted molar refractivity (Wildman–Crippen MR) is 117 cm³/mol. The second-order valence-electron chi connectivity index (χ2n) is 7.49. The number of anilines is 1. The normalized spacial score (nSPS) is 13.1. The first-order valence-corrected chi connectivity index (χ1v) is 9.77. The first kappa shape index (κ1) is 19.0. The molecule has 0 radical (unpaired) electrons. The zero-order chi connectivity index (χ0) is 21.7. The van der Waals surface area contributed by atoms with Gasteiger partial charge in [0.15, 0.2) is 23.0 Å². The highest BCUT2D eigenvalue weighted by atomic mass is 16.5. The number of aryl methyl sites for hydroxylation is 1. The molecule has 5 rings (SSSR count). The van der Waals surface area contributed by atoms with E-state index in [4.69, 9.17) is 9.15 Å². The summed E-state index contributed by atoms with van der Waals surface area (Å²) in [5.74, 6) is 0.949. The molecule has 9 nitrogen and oxygen atoms in total. The Hall–Kier alpha value is -4.01. The van der Waals surface area contributed by atoms with Crippen molar-refractivity contribution in [3.05, 3.63) is 47.5 Å². The number of carbonyl (C=O) groups is 1. The summed E-state index contributed by atoms with van der Waals surface area (Å²) in [6.45, 7) is 2.36. The maximum atomic E-state index is 12.9. The Labute approximate surface area is 177 Å². The third-order valence-corrected chi connectivity index (χ3v) is 5.49. The Kier molecular flexibility index (Phi) is 4.32. The van der Waals surface area contributed by atoms with Crippen molar-refractivity contribution in [2.45, 2.75) is 13.5 Å². The van der Waals surface area contributed by atoms with Gasteiger partial charge in [0.25, 0.3) is 0 Å². The van der Waals surface area contributed by atoms with Crippen LogP contribution in [-0.2, 0) is 11.3 Å². The number of likely N-dealkylation sites (N-methyl/N-ethyl adjacent to an activating group) is 1. The number of nitrogens with zero attached hydrogens (tertiary/aromatic N) is 4. The number of hydrogen-bond acceptors (Lipinski definition) is 7. The number of oxazole rings is 1. The largest absolute Gasteiger partial charge is 0.504 e. The number of carbonyl (C=O) groups excluding carboxylic acids is 1. The van der Waals surface area contributed by atoms with Crippen LogP contribution in [-0.4, -0.2) is 52.9 Å². The van der Waals surface area contributed by atoms with Gasteiger partial charge in [0, 0.05) is 42.7 Å². The summed E-state index contributed by atoms with van der Waals surface area (Å²) < 4.78 is 10.8. The maximum Gasteiger partial charge on any atom is 0.248 e. The number of ether oxygens (including phenoxy) is 1. The van der Waals surface area contributed by atoms with Gasteiger partial charge in [-0.05, 0) is 18.2 Å². The topological polar surface area (TPSA) is 107 Å². The Balaban J connectivity index is 1.36. The van der Waals surface area contributed by atoms with Crippen LogP contribution in [0.2, 0.25) is 0 Å². The third-order valence-electron chi connectivity index (χ3n) is 5.49. The molecule has 1 aliphatic heterocycles. The number of hydrogen-bond donors (Lipinski definition) is 2. The molecule has 2 aromatic heterocycles. The Bertz CT molecular complexity index is 1350. The summed E-state index contributed by atoms with van der Waals surface area (Å²) in [5, 5.41) is 17.1. The van der Waals surface area contributed by atoms with Gasteiger partial charge < -0.3 is 24.1 Å². The molecule has 0 unspecified atom stereocenters. The van der Waals surface area contributed by atoms with E-state index in [9.17, 15) is 9.90 Å². The fourth-order valence-electron chi connectivity index (χ4n) is 3.83. The highest BCUT2D eigenvalue weighted by molar-refractivity contribution is 5.98. The fraction of sp³-hybridized carbons (Fsp3) is 0.227. The number of phenolic OH excluding ortho intramolecular Hbond substituents is 1. The minimum atomic E-state index is -0.105. The number of rotatable bonds is 4. The van der Waals surface area contributed by atoms with Crippen molar-refractivity contribution in [1.82, 2.24) is 15.0 Å². The number of benzene rings is 2. The van der Waals surface area contributed by atoms with Crippen LogP contribution in [0, 0.1) is 6.92 Å². The molecule has 2 aromatic carbocycles. The molecule has 0 spiro atoms. The predicted octanol–water partition coefficient (Wildman–Crippen LogP) is 3.14. The van der Waals surface area contributed by atoms with Crippen molar-refractivity contribution in [1.29, 1.82) is 0 Å². The smallest absolute Gasteiger partial charge is 0.248 e. The number of phenols is 1. The second-order valence-corrected chi connectivity index (χ2v) is 7.49. The molecular formula is C22H21N5O4. The van der Waals surface area contributed by atoms with Crippen LogP contribution in [0.4, 0.5) is 5.69 Å². The molecule has 0 aliphatic carbocycles. The number of aromatic nitrogens is 2. The fourth-order valence-corrected chi connectivity index (χ4v) is 3.83. The van der Waals surface area contributed by atoms with Crippen LogP contribution in [0.5, 0.6) is 11.5 Å². The van der Waals surface area contributed by atoms with Crippen LogP contribution in [0.25, 0.3) is 22.0 Å². The molecule has 0 saturated heterocycles. The number of aromatic hydroxyl groups is 1. The zero-order valence-corrected chi connectivity index (χ0v) is 17.3. The van der Waals surface area contributed by atoms with Gasteiger partial charge in [-0.15, -0.1) is 0 Å².